The first-order valence-electron chi connectivity index (χ1n) is 0. The van der Waals surface area contributed by atoms with Crippen molar-refractivity contribution in [1.29, 1.82) is 0 Å². The molecule has 10 heteroatoms. The Labute approximate surface area is 86.6 Å². The fourth-order valence-electron chi connectivity index (χ4n) is 0. The monoisotopic (exact) mass is 368 g/mol. The minimum atomic E-state index is 0. The Hall–Kier alpha value is 1.08. The molecule has 0 aliphatic rings. The van der Waals surface area contributed by atoms with Gasteiger partial charge in [-0.15, -0.1) is 0 Å². The molecule has 0 unspecified atom stereocenters. The van der Waals surface area contributed by atoms with Crippen molar-refractivity contribution in [3.63, 3.8) is 0 Å². The van der Waals surface area contributed by atoms with Gasteiger partial charge in [-0.3, -0.25) is 0 Å². The van der Waals surface area contributed by atoms with Gasteiger partial charge < -0.3 is 43.8 Å². The maximum Gasteiger partial charge on any atom is 4.00 e. The molecule has 0 aliphatic carbocycles. The molecule has 70 valence electrons. The van der Waals surface area contributed by atoms with Crippen LogP contribution in [0.25, 0.3) is 0 Å². The molecule has 0 spiro atoms. The molecule has 0 saturated heterocycles. The molecule has 0 radical (unpaired) electrons. The van der Waals surface area contributed by atoms with Crippen LogP contribution in [0.2, 0.25) is 0 Å². The van der Waals surface area contributed by atoms with Gasteiger partial charge in [0, 0.05) is 21.1 Å². The zero-order valence-corrected chi connectivity index (χ0v) is 8.98. The smallest absolute Gasteiger partial charge is 0.870 e. The van der Waals surface area contributed by atoms with Gasteiger partial charge >= 0.3 is 21.7 Å². The standard InChI is InChI=1S/8H2O.Ti.W/h8*1H2;;/q;;;;;;;;+4;/p-8. The Morgan fingerprint density at radius 1 is 0.300 bits per heavy atom. The second kappa shape index (κ2) is 710. The van der Waals surface area contributed by atoms with Crippen LogP contribution in [0.5, 0.6) is 0 Å². The molecular weight excluding hydrogens is 360 g/mol. The molecule has 8 N–H and O–H groups in total. The predicted molar refractivity (Wildman–Crippen MR) is 15.5 cm³/mol. The van der Waals surface area contributed by atoms with E-state index in [1.165, 1.54) is 0 Å². The molecule has 0 aliphatic heterocycles. The molecule has 0 aromatic heterocycles. The van der Waals surface area contributed by atoms with E-state index in [9.17, 15) is 0 Å². The summed E-state index contributed by atoms with van der Waals surface area (Å²) >= 11 is 0. The van der Waals surface area contributed by atoms with Gasteiger partial charge in [-0.05, 0) is 0 Å². The fourth-order valence-corrected chi connectivity index (χ4v) is 0. The van der Waals surface area contributed by atoms with E-state index < -0.39 is 0 Å². The molecule has 0 rings (SSSR count). The van der Waals surface area contributed by atoms with Crippen LogP contribution in [0.15, 0.2) is 0 Å². The summed E-state index contributed by atoms with van der Waals surface area (Å²) in [5.74, 6) is 0. The summed E-state index contributed by atoms with van der Waals surface area (Å²) < 4.78 is 0. The first-order chi connectivity index (χ1) is 0. The molecule has 0 saturated carbocycles. The summed E-state index contributed by atoms with van der Waals surface area (Å²) in [7, 11) is 0. The minimum absolute atomic E-state index is 0. The number of hydrogen-bond acceptors (Lipinski definition) is 8. The second-order valence-electron chi connectivity index (χ2n) is 0. The first-order valence-corrected chi connectivity index (χ1v) is 0. The molecule has 0 fully saturated rings. The normalized spacial score (nSPS) is 0. The van der Waals surface area contributed by atoms with Gasteiger partial charge in [0.05, 0.1) is 0 Å². The second-order valence-corrected chi connectivity index (χ2v) is 0. The van der Waals surface area contributed by atoms with Gasteiger partial charge in [-0.1, -0.05) is 0 Å². The molecule has 0 aromatic rings. The van der Waals surface area contributed by atoms with E-state index >= 15 is 0 Å². The SMILES string of the molecule is [OH-].[OH-].[OH-].[OH-].[OH-].[OH-].[OH-].[OH-].[Ti+4].[W]. The maximum atomic E-state index is 0. The number of hydrogen-bond donors (Lipinski definition) is 0. The molecule has 0 bridgehead atoms. The Morgan fingerprint density at radius 3 is 0.300 bits per heavy atom. The van der Waals surface area contributed by atoms with Crippen molar-refractivity contribution in [2.24, 2.45) is 0 Å². The van der Waals surface area contributed by atoms with Crippen molar-refractivity contribution < 1.29 is 86.6 Å². The largest absolute Gasteiger partial charge is 4.00 e. The Kier molecular flexibility index (Phi) is 68200. The molecule has 0 amide bonds. The zero-order valence-electron chi connectivity index (χ0n) is 4.49. The Bertz CT molecular complexity index is 9.22. The van der Waals surface area contributed by atoms with Crippen molar-refractivity contribution in [2.75, 3.05) is 0 Å². The summed E-state index contributed by atoms with van der Waals surface area (Å²) in [5.41, 5.74) is 0. The van der Waals surface area contributed by atoms with Gasteiger partial charge in [0.2, 0.25) is 0 Å². The summed E-state index contributed by atoms with van der Waals surface area (Å²) in [6.45, 7) is 0. The molecule has 10 heavy (non-hydrogen) atoms. The molecule has 0 aromatic carbocycles. The van der Waals surface area contributed by atoms with Gasteiger partial charge in [-0.25, -0.2) is 0 Å². The van der Waals surface area contributed by atoms with Crippen LogP contribution in [0, 0.1) is 0 Å². The van der Waals surface area contributed by atoms with Crippen molar-refractivity contribution in [1.82, 2.24) is 0 Å². The predicted octanol–water partition coefficient (Wildman–Crippen LogP) is -1.42. The van der Waals surface area contributed by atoms with Crippen LogP contribution in [-0.2, 0) is 42.8 Å². The van der Waals surface area contributed by atoms with E-state index in [-0.39, 0.29) is 86.6 Å². The van der Waals surface area contributed by atoms with Gasteiger partial charge in [0.1, 0.15) is 0 Å². The summed E-state index contributed by atoms with van der Waals surface area (Å²) in [5, 5.41) is 0. The quantitative estimate of drug-likeness (QED) is 0.458. The molecule has 0 heterocycles. The van der Waals surface area contributed by atoms with E-state index in [2.05, 4.69) is 0 Å². The van der Waals surface area contributed by atoms with Crippen LogP contribution >= 0.6 is 0 Å². The average Bonchev–Trinajstić information content (AvgIpc) is 0. The van der Waals surface area contributed by atoms with Crippen LogP contribution in [0.4, 0.5) is 0 Å². The Morgan fingerprint density at radius 2 is 0.300 bits per heavy atom. The third kappa shape index (κ3) is 506. The third-order valence-corrected chi connectivity index (χ3v) is 0. The Balaban J connectivity index is 0. The van der Waals surface area contributed by atoms with Gasteiger partial charge in [0.15, 0.2) is 0 Å². The molecular formula is H8O8TiW-4. The van der Waals surface area contributed by atoms with Crippen molar-refractivity contribution in [2.45, 2.75) is 0 Å². The van der Waals surface area contributed by atoms with E-state index in [4.69, 9.17) is 0 Å². The van der Waals surface area contributed by atoms with Gasteiger partial charge in [0.25, 0.3) is 0 Å². The summed E-state index contributed by atoms with van der Waals surface area (Å²) in [6, 6.07) is 0. The zero-order chi connectivity index (χ0) is 0. The number of rotatable bonds is 0. The van der Waals surface area contributed by atoms with E-state index in [1.807, 2.05) is 0 Å². The topological polar surface area (TPSA) is 240 Å². The van der Waals surface area contributed by atoms with Crippen molar-refractivity contribution >= 4 is 0 Å². The average molecular weight is 368 g/mol. The summed E-state index contributed by atoms with van der Waals surface area (Å²) in [6.07, 6.45) is 0. The van der Waals surface area contributed by atoms with Crippen molar-refractivity contribution in [3.8, 4) is 0 Å². The van der Waals surface area contributed by atoms with E-state index in [0.29, 0.717) is 0 Å². The van der Waals surface area contributed by atoms with Gasteiger partial charge in [-0.2, -0.15) is 0 Å². The molecule has 8 nitrogen and oxygen atoms in total. The molecule has 0 atom stereocenters. The van der Waals surface area contributed by atoms with E-state index in [1.54, 1.807) is 0 Å². The van der Waals surface area contributed by atoms with Crippen LogP contribution in [0.3, 0.4) is 0 Å². The first kappa shape index (κ1) is 961. The van der Waals surface area contributed by atoms with Crippen LogP contribution < -0.4 is 0 Å². The minimum Gasteiger partial charge on any atom is -0.870 e. The van der Waals surface area contributed by atoms with E-state index in [0.717, 1.165) is 0 Å². The van der Waals surface area contributed by atoms with Crippen LogP contribution in [0.1, 0.15) is 0 Å². The maximum absolute atomic E-state index is 0. The third-order valence-electron chi connectivity index (χ3n) is 0. The van der Waals surface area contributed by atoms with Crippen molar-refractivity contribution in [3.05, 3.63) is 0 Å². The summed E-state index contributed by atoms with van der Waals surface area (Å²) in [4.78, 5) is 0. The van der Waals surface area contributed by atoms with Crippen LogP contribution in [-0.4, -0.2) is 43.8 Å². The fraction of sp³-hybridized carbons (Fsp3) is 0.